The lowest BCUT2D eigenvalue weighted by Gasteiger charge is -2.20. The third-order valence-electron chi connectivity index (χ3n) is 4.78. The number of para-hydroxylation sites is 2. The molecule has 2 aromatic rings. The summed E-state index contributed by atoms with van der Waals surface area (Å²) in [6.07, 6.45) is 0.649. The number of hydrogen-bond acceptors (Lipinski definition) is 3. The average molecular weight is 385 g/mol. The lowest BCUT2D eigenvalue weighted by Crippen LogP contribution is -2.31. The van der Waals surface area contributed by atoms with E-state index in [0.717, 1.165) is 22.4 Å². The van der Waals surface area contributed by atoms with Crippen molar-refractivity contribution < 1.29 is 14.3 Å². The van der Waals surface area contributed by atoms with Gasteiger partial charge in [-0.25, -0.2) is 4.79 Å². The van der Waals surface area contributed by atoms with Crippen LogP contribution in [0.15, 0.2) is 36.4 Å². The fourth-order valence-corrected chi connectivity index (χ4v) is 3.31. The standard InChI is InChI=1S/C23H32N2O3/c1-15(2)18-10-8-11-19(16(3)4)21(18)25-23(26)24-14-13-17-9-7-12-20(27-5)22(17)28-6/h7-12,15-16H,13-14H2,1-6H3,(H2,24,25,26). The molecule has 2 aromatic carbocycles. The Morgan fingerprint density at radius 3 is 2.07 bits per heavy atom. The van der Waals surface area contributed by atoms with Crippen LogP contribution in [-0.4, -0.2) is 26.8 Å². The van der Waals surface area contributed by atoms with Crippen molar-refractivity contribution >= 4 is 11.7 Å². The Kier molecular flexibility index (Phi) is 7.73. The van der Waals surface area contributed by atoms with Crippen molar-refractivity contribution in [3.05, 3.63) is 53.1 Å². The fourth-order valence-electron chi connectivity index (χ4n) is 3.31. The number of amides is 2. The number of carbonyl (C=O) groups excluding carboxylic acids is 1. The minimum Gasteiger partial charge on any atom is -0.493 e. The Bertz CT molecular complexity index is 774. The van der Waals surface area contributed by atoms with E-state index >= 15 is 0 Å². The monoisotopic (exact) mass is 384 g/mol. The molecule has 5 heteroatoms. The summed E-state index contributed by atoms with van der Waals surface area (Å²) < 4.78 is 10.8. The summed E-state index contributed by atoms with van der Waals surface area (Å²) in [5, 5.41) is 6.03. The first kappa shape index (κ1) is 21.6. The molecule has 0 aliphatic heterocycles. The second-order valence-corrected chi connectivity index (χ2v) is 7.40. The van der Waals surface area contributed by atoms with Gasteiger partial charge in [0, 0.05) is 12.2 Å². The molecule has 0 aliphatic carbocycles. The van der Waals surface area contributed by atoms with Gasteiger partial charge in [-0.15, -0.1) is 0 Å². The lowest BCUT2D eigenvalue weighted by atomic mass is 9.93. The van der Waals surface area contributed by atoms with Gasteiger partial charge in [-0.05, 0) is 41.0 Å². The van der Waals surface area contributed by atoms with Gasteiger partial charge in [-0.2, -0.15) is 0 Å². The van der Waals surface area contributed by atoms with Gasteiger partial charge in [0.25, 0.3) is 0 Å². The molecule has 28 heavy (non-hydrogen) atoms. The molecule has 0 saturated heterocycles. The highest BCUT2D eigenvalue weighted by atomic mass is 16.5. The molecule has 0 fully saturated rings. The van der Waals surface area contributed by atoms with Gasteiger partial charge >= 0.3 is 6.03 Å². The van der Waals surface area contributed by atoms with Gasteiger partial charge in [0.2, 0.25) is 0 Å². The molecule has 5 nitrogen and oxygen atoms in total. The van der Waals surface area contributed by atoms with Crippen molar-refractivity contribution in [2.75, 3.05) is 26.1 Å². The summed E-state index contributed by atoms with van der Waals surface area (Å²) in [6, 6.07) is 11.8. The van der Waals surface area contributed by atoms with Gasteiger partial charge in [-0.3, -0.25) is 0 Å². The van der Waals surface area contributed by atoms with E-state index in [4.69, 9.17) is 9.47 Å². The first-order chi connectivity index (χ1) is 13.4. The van der Waals surface area contributed by atoms with E-state index in [0.29, 0.717) is 36.3 Å². The second-order valence-electron chi connectivity index (χ2n) is 7.40. The van der Waals surface area contributed by atoms with Crippen LogP contribution in [0.3, 0.4) is 0 Å². The van der Waals surface area contributed by atoms with Crippen LogP contribution >= 0.6 is 0 Å². The molecule has 0 heterocycles. The number of ether oxygens (including phenoxy) is 2. The topological polar surface area (TPSA) is 59.6 Å². The fraction of sp³-hybridized carbons (Fsp3) is 0.435. The highest BCUT2D eigenvalue weighted by Crippen LogP contribution is 2.32. The van der Waals surface area contributed by atoms with Crippen LogP contribution in [0, 0.1) is 0 Å². The molecule has 0 saturated carbocycles. The molecule has 0 spiro atoms. The van der Waals surface area contributed by atoms with E-state index in [-0.39, 0.29) is 6.03 Å². The zero-order chi connectivity index (χ0) is 20.7. The molecule has 0 radical (unpaired) electrons. The molecular weight excluding hydrogens is 352 g/mol. The molecule has 2 rings (SSSR count). The SMILES string of the molecule is COc1cccc(CCNC(=O)Nc2c(C(C)C)cccc2C(C)C)c1OC. The number of methoxy groups -OCH3 is 2. The van der Waals surface area contributed by atoms with Crippen molar-refractivity contribution in [3.8, 4) is 11.5 Å². The maximum atomic E-state index is 12.6. The maximum absolute atomic E-state index is 12.6. The predicted molar refractivity (Wildman–Crippen MR) is 115 cm³/mol. The Morgan fingerprint density at radius 1 is 0.929 bits per heavy atom. The van der Waals surface area contributed by atoms with E-state index in [1.807, 2.05) is 18.2 Å². The Labute approximate surface area is 168 Å². The molecule has 2 amide bonds. The third-order valence-corrected chi connectivity index (χ3v) is 4.78. The van der Waals surface area contributed by atoms with Crippen LogP contribution in [0.1, 0.15) is 56.2 Å². The molecule has 0 unspecified atom stereocenters. The number of nitrogens with one attached hydrogen (secondary N) is 2. The van der Waals surface area contributed by atoms with Gasteiger partial charge in [0.05, 0.1) is 14.2 Å². The number of carbonyl (C=O) groups is 1. The second kappa shape index (κ2) is 10.0. The molecule has 0 aliphatic rings. The molecule has 0 aromatic heterocycles. The average Bonchev–Trinajstić information content (AvgIpc) is 2.67. The maximum Gasteiger partial charge on any atom is 0.319 e. The number of urea groups is 1. The van der Waals surface area contributed by atoms with Gasteiger partial charge in [0.1, 0.15) is 0 Å². The zero-order valence-electron chi connectivity index (χ0n) is 17.8. The van der Waals surface area contributed by atoms with Crippen LogP contribution in [0.4, 0.5) is 10.5 Å². The summed E-state index contributed by atoms with van der Waals surface area (Å²) in [6.45, 7) is 9.04. The Morgan fingerprint density at radius 2 is 1.54 bits per heavy atom. The quantitative estimate of drug-likeness (QED) is 0.648. The smallest absolute Gasteiger partial charge is 0.319 e. The van der Waals surface area contributed by atoms with Crippen molar-refractivity contribution in [1.29, 1.82) is 0 Å². The summed E-state index contributed by atoms with van der Waals surface area (Å²) in [4.78, 5) is 12.6. The number of benzene rings is 2. The molecule has 0 bridgehead atoms. The van der Waals surface area contributed by atoms with E-state index in [1.54, 1.807) is 14.2 Å². The lowest BCUT2D eigenvalue weighted by molar-refractivity contribution is 0.252. The number of hydrogen-bond donors (Lipinski definition) is 2. The van der Waals surface area contributed by atoms with Crippen LogP contribution in [0.5, 0.6) is 11.5 Å². The molecule has 152 valence electrons. The van der Waals surface area contributed by atoms with Gasteiger partial charge < -0.3 is 20.1 Å². The van der Waals surface area contributed by atoms with Gasteiger partial charge in [-0.1, -0.05) is 58.0 Å². The van der Waals surface area contributed by atoms with E-state index in [9.17, 15) is 4.79 Å². The van der Waals surface area contributed by atoms with E-state index < -0.39 is 0 Å². The minimum atomic E-state index is -0.197. The van der Waals surface area contributed by atoms with Crippen molar-refractivity contribution in [3.63, 3.8) is 0 Å². The highest BCUT2D eigenvalue weighted by molar-refractivity contribution is 5.91. The first-order valence-electron chi connectivity index (χ1n) is 9.76. The Balaban J connectivity index is 2.06. The van der Waals surface area contributed by atoms with Crippen LogP contribution in [0.25, 0.3) is 0 Å². The number of rotatable bonds is 8. The summed E-state index contributed by atoms with van der Waals surface area (Å²) >= 11 is 0. The van der Waals surface area contributed by atoms with Crippen molar-refractivity contribution in [1.82, 2.24) is 5.32 Å². The van der Waals surface area contributed by atoms with Crippen molar-refractivity contribution in [2.24, 2.45) is 0 Å². The van der Waals surface area contributed by atoms with Crippen LogP contribution in [0.2, 0.25) is 0 Å². The van der Waals surface area contributed by atoms with Crippen molar-refractivity contribution in [2.45, 2.75) is 46.0 Å². The van der Waals surface area contributed by atoms with E-state index in [2.05, 4.69) is 56.5 Å². The largest absolute Gasteiger partial charge is 0.493 e. The molecular formula is C23H32N2O3. The highest BCUT2D eigenvalue weighted by Gasteiger charge is 2.16. The summed E-state index contributed by atoms with van der Waals surface area (Å²) in [5.41, 5.74) is 4.21. The van der Waals surface area contributed by atoms with Crippen LogP contribution in [-0.2, 0) is 6.42 Å². The normalized spacial score (nSPS) is 10.9. The first-order valence-corrected chi connectivity index (χ1v) is 9.76. The third kappa shape index (κ3) is 5.18. The number of anilines is 1. The Hall–Kier alpha value is -2.69. The van der Waals surface area contributed by atoms with E-state index in [1.165, 1.54) is 0 Å². The van der Waals surface area contributed by atoms with Crippen LogP contribution < -0.4 is 20.1 Å². The zero-order valence-corrected chi connectivity index (χ0v) is 17.8. The molecule has 2 N–H and O–H groups in total. The molecule has 0 atom stereocenters. The van der Waals surface area contributed by atoms with Gasteiger partial charge in [0.15, 0.2) is 11.5 Å². The summed E-state index contributed by atoms with van der Waals surface area (Å²) in [5.74, 6) is 2.06. The summed E-state index contributed by atoms with van der Waals surface area (Å²) in [7, 11) is 3.24. The predicted octanol–water partition coefficient (Wildman–Crippen LogP) is 5.31. The minimum absolute atomic E-state index is 0.197.